The SMILES string of the molecule is C1CCC(C2CCN3C4NCCCC4C4CCCCN4C3C2)NC1. The van der Waals surface area contributed by atoms with Gasteiger partial charge in [0.1, 0.15) is 0 Å². The summed E-state index contributed by atoms with van der Waals surface area (Å²) in [6, 6.07) is 1.68. The fraction of sp³-hybridized carbons (Fsp3) is 1.00. The van der Waals surface area contributed by atoms with E-state index in [-0.39, 0.29) is 0 Å². The Balaban J connectivity index is 1.36. The molecule has 0 radical (unpaired) electrons. The quantitative estimate of drug-likeness (QED) is 0.772. The summed E-state index contributed by atoms with van der Waals surface area (Å²) in [4.78, 5) is 5.86. The van der Waals surface area contributed by atoms with Crippen LogP contribution in [0.25, 0.3) is 0 Å². The highest BCUT2D eigenvalue weighted by Gasteiger charge is 2.50. The van der Waals surface area contributed by atoms with Gasteiger partial charge in [-0.3, -0.25) is 9.80 Å². The van der Waals surface area contributed by atoms with E-state index in [9.17, 15) is 0 Å². The van der Waals surface area contributed by atoms with Crippen LogP contribution in [-0.4, -0.2) is 60.4 Å². The van der Waals surface area contributed by atoms with Gasteiger partial charge in [-0.25, -0.2) is 0 Å². The Morgan fingerprint density at radius 3 is 2.54 bits per heavy atom. The van der Waals surface area contributed by atoms with Gasteiger partial charge in [0.2, 0.25) is 0 Å². The molecule has 5 aliphatic rings. The van der Waals surface area contributed by atoms with Crippen LogP contribution in [0.3, 0.4) is 0 Å². The number of rotatable bonds is 1. The van der Waals surface area contributed by atoms with Crippen molar-refractivity contribution in [2.75, 3.05) is 26.2 Å². The monoisotopic (exact) mass is 332 g/mol. The lowest BCUT2D eigenvalue weighted by atomic mass is 9.75. The molecule has 5 fully saturated rings. The lowest BCUT2D eigenvalue weighted by Gasteiger charge is -2.61. The first-order chi connectivity index (χ1) is 11.9. The highest BCUT2D eigenvalue weighted by molar-refractivity contribution is 5.03. The first-order valence-electron chi connectivity index (χ1n) is 10.9. The number of hydrogen-bond donors (Lipinski definition) is 2. The van der Waals surface area contributed by atoms with E-state index in [4.69, 9.17) is 0 Å². The maximum atomic E-state index is 3.93. The highest BCUT2D eigenvalue weighted by Crippen LogP contribution is 2.43. The molecule has 24 heavy (non-hydrogen) atoms. The molecule has 0 amide bonds. The molecule has 0 bridgehead atoms. The molecule has 136 valence electrons. The fourth-order valence-electron chi connectivity index (χ4n) is 6.76. The Morgan fingerprint density at radius 2 is 1.62 bits per heavy atom. The molecule has 0 aliphatic carbocycles. The van der Waals surface area contributed by atoms with Crippen molar-refractivity contribution in [3.63, 3.8) is 0 Å². The van der Waals surface area contributed by atoms with Crippen LogP contribution >= 0.6 is 0 Å². The third-order valence-corrected chi connectivity index (χ3v) is 7.87. The number of piperidine rings is 4. The second-order valence-electron chi connectivity index (χ2n) is 9.07. The second kappa shape index (κ2) is 6.86. The van der Waals surface area contributed by atoms with Crippen molar-refractivity contribution in [1.29, 1.82) is 0 Å². The van der Waals surface area contributed by atoms with Gasteiger partial charge in [0, 0.05) is 24.5 Å². The Morgan fingerprint density at radius 1 is 0.708 bits per heavy atom. The molecular weight excluding hydrogens is 296 g/mol. The van der Waals surface area contributed by atoms with E-state index in [1.165, 1.54) is 90.4 Å². The van der Waals surface area contributed by atoms with Crippen LogP contribution in [0.5, 0.6) is 0 Å². The molecule has 6 atom stereocenters. The van der Waals surface area contributed by atoms with Gasteiger partial charge in [0.05, 0.1) is 12.3 Å². The van der Waals surface area contributed by atoms with E-state index in [0.29, 0.717) is 6.17 Å². The first-order valence-corrected chi connectivity index (χ1v) is 10.9. The average Bonchev–Trinajstić information content (AvgIpc) is 2.68. The van der Waals surface area contributed by atoms with Gasteiger partial charge in [0.15, 0.2) is 0 Å². The molecule has 5 heterocycles. The van der Waals surface area contributed by atoms with E-state index in [2.05, 4.69) is 20.4 Å². The molecule has 5 saturated heterocycles. The summed E-state index contributed by atoms with van der Waals surface area (Å²) < 4.78 is 0. The molecule has 5 rings (SSSR count). The minimum atomic E-state index is 0.684. The van der Waals surface area contributed by atoms with Crippen molar-refractivity contribution in [3.8, 4) is 0 Å². The molecule has 0 spiro atoms. The van der Waals surface area contributed by atoms with Gasteiger partial charge in [-0.05, 0) is 76.9 Å². The molecule has 0 aromatic heterocycles. The molecule has 4 heteroatoms. The second-order valence-corrected chi connectivity index (χ2v) is 9.07. The normalized spacial score (nSPS) is 47.5. The lowest BCUT2D eigenvalue weighted by molar-refractivity contribution is -0.157. The molecule has 0 aromatic carbocycles. The van der Waals surface area contributed by atoms with Crippen molar-refractivity contribution < 1.29 is 0 Å². The van der Waals surface area contributed by atoms with Crippen LogP contribution in [0.4, 0.5) is 0 Å². The minimum absolute atomic E-state index is 0.684. The van der Waals surface area contributed by atoms with Crippen LogP contribution in [0, 0.1) is 11.8 Å². The molecule has 0 aromatic rings. The summed E-state index contributed by atoms with van der Waals surface area (Å²) >= 11 is 0. The molecule has 4 nitrogen and oxygen atoms in total. The molecule has 2 N–H and O–H groups in total. The van der Waals surface area contributed by atoms with Crippen LogP contribution in [0.2, 0.25) is 0 Å². The molecule has 0 saturated carbocycles. The lowest BCUT2D eigenvalue weighted by Crippen LogP contribution is -2.73. The van der Waals surface area contributed by atoms with E-state index >= 15 is 0 Å². The minimum Gasteiger partial charge on any atom is -0.314 e. The van der Waals surface area contributed by atoms with Crippen LogP contribution in [0.15, 0.2) is 0 Å². The number of hydrogen-bond acceptors (Lipinski definition) is 4. The van der Waals surface area contributed by atoms with Crippen molar-refractivity contribution >= 4 is 0 Å². The van der Waals surface area contributed by atoms with Crippen molar-refractivity contribution in [3.05, 3.63) is 0 Å². The van der Waals surface area contributed by atoms with E-state index < -0.39 is 0 Å². The van der Waals surface area contributed by atoms with Gasteiger partial charge in [-0.1, -0.05) is 12.8 Å². The number of nitrogens with zero attached hydrogens (tertiary/aromatic N) is 2. The molecule has 6 unspecified atom stereocenters. The van der Waals surface area contributed by atoms with Gasteiger partial charge in [-0.15, -0.1) is 0 Å². The topological polar surface area (TPSA) is 30.5 Å². The predicted octanol–water partition coefficient (Wildman–Crippen LogP) is 2.36. The summed E-state index contributed by atoms with van der Waals surface area (Å²) in [6.07, 6.45) is 15.7. The van der Waals surface area contributed by atoms with Crippen molar-refractivity contribution in [2.45, 2.75) is 88.6 Å². The van der Waals surface area contributed by atoms with E-state index in [1.807, 2.05) is 0 Å². The van der Waals surface area contributed by atoms with Gasteiger partial charge in [0.25, 0.3) is 0 Å². The molecule has 5 aliphatic heterocycles. The largest absolute Gasteiger partial charge is 0.314 e. The van der Waals surface area contributed by atoms with Crippen LogP contribution < -0.4 is 10.6 Å². The fourth-order valence-corrected chi connectivity index (χ4v) is 6.76. The molecular formula is C20H36N4. The highest BCUT2D eigenvalue weighted by atomic mass is 15.5. The Labute approximate surface area is 147 Å². The average molecular weight is 333 g/mol. The predicted molar refractivity (Wildman–Crippen MR) is 97.7 cm³/mol. The zero-order valence-electron chi connectivity index (χ0n) is 15.3. The van der Waals surface area contributed by atoms with Crippen LogP contribution in [-0.2, 0) is 0 Å². The van der Waals surface area contributed by atoms with Crippen LogP contribution in [0.1, 0.15) is 64.2 Å². The number of fused-ring (bicyclic) bond motifs is 6. The summed E-state index contributed by atoms with van der Waals surface area (Å²) in [5, 5.41) is 7.79. The standard InChI is InChI=1S/C20H36N4/c1-3-10-21-17(7-1)15-9-13-24-19(14-15)23-12-4-2-8-18(23)16-6-5-11-22-20(16)24/h15-22H,1-14H2. The maximum absolute atomic E-state index is 3.93. The van der Waals surface area contributed by atoms with Crippen molar-refractivity contribution in [2.24, 2.45) is 11.8 Å². The Bertz CT molecular complexity index is 421. The first kappa shape index (κ1) is 16.0. The number of nitrogens with one attached hydrogen (secondary N) is 2. The Kier molecular flexibility index (Phi) is 4.59. The summed E-state index contributed by atoms with van der Waals surface area (Å²) in [5.41, 5.74) is 0. The van der Waals surface area contributed by atoms with Gasteiger partial charge >= 0.3 is 0 Å². The Hall–Kier alpha value is -0.160. The summed E-state index contributed by atoms with van der Waals surface area (Å²) in [7, 11) is 0. The van der Waals surface area contributed by atoms with Gasteiger partial charge < -0.3 is 10.6 Å². The summed E-state index contributed by atoms with van der Waals surface area (Å²) in [5.74, 6) is 1.80. The zero-order chi connectivity index (χ0) is 15.9. The van der Waals surface area contributed by atoms with E-state index in [1.54, 1.807) is 0 Å². The smallest absolute Gasteiger partial charge is 0.0654 e. The van der Waals surface area contributed by atoms with Gasteiger partial charge in [-0.2, -0.15) is 0 Å². The van der Waals surface area contributed by atoms with Crippen molar-refractivity contribution in [1.82, 2.24) is 20.4 Å². The van der Waals surface area contributed by atoms with E-state index in [0.717, 1.165) is 30.1 Å². The summed E-state index contributed by atoms with van der Waals surface area (Å²) in [6.45, 7) is 5.18. The zero-order valence-corrected chi connectivity index (χ0v) is 15.3. The third-order valence-electron chi connectivity index (χ3n) is 7.87. The third kappa shape index (κ3) is 2.74. The maximum Gasteiger partial charge on any atom is 0.0654 e.